The average molecular weight is 211 g/mol. The van der Waals surface area contributed by atoms with Gasteiger partial charge in [-0.25, -0.2) is 0 Å². The molecule has 16 heavy (non-hydrogen) atoms. The molecule has 0 aliphatic carbocycles. The Hall–Kier alpha value is -1.34. The van der Waals surface area contributed by atoms with Crippen LogP contribution in [0.15, 0.2) is 36.4 Å². The summed E-state index contributed by atoms with van der Waals surface area (Å²) in [6, 6.07) is 13.3. The van der Waals surface area contributed by atoms with Crippen molar-refractivity contribution in [2.45, 2.75) is 19.3 Å². The second-order valence-corrected chi connectivity index (χ2v) is 4.71. The van der Waals surface area contributed by atoms with Crippen LogP contribution in [0.4, 0.5) is 0 Å². The number of rotatable bonds is 1. The summed E-state index contributed by atoms with van der Waals surface area (Å²) in [4.78, 5) is 0. The van der Waals surface area contributed by atoms with Crippen LogP contribution in [0.3, 0.4) is 0 Å². The van der Waals surface area contributed by atoms with Crippen LogP contribution >= 0.6 is 0 Å². The molecule has 0 aromatic heterocycles. The molecule has 2 aromatic rings. The third kappa shape index (κ3) is 1.52. The second-order valence-electron chi connectivity index (χ2n) is 4.71. The molecule has 1 aliphatic heterocycles. The van der Waals surface area contributed by atoms with Crippen LogP contribution in [-0.2, 0) is 0 Å². The van der Waals surface area contributed by atoms with E-state index in [1.165, 1.54) is 28.3 Å². The second kappa shape index (κ2) is 3.91. The third-order valence-electron chi connectivity index (χ3n) is 3.68. The lowest BCUT2D eigenvalue weighted by Gasteiger charge is -2.13. The highest BCUT2D eigenvalue weighted by Gasteiger charge is 2.18. The maximum Gasteiger partial charge on any atom is 0.00208 e. The Morgan fingerprint density at radius 3 is 2.62 bits per heavy atom. The van der Waals surface area contributed by atoms with E-state index in [1.54, 1.807) is 0 Å². The van der Waals surface area contributed by atoms with Gasteiger partial charge in [0, 0.05) is 6.54 Å². The molecule has 1 atom stereocenters. The Balaban J connectivity index is 2.21. The lowest BCUT2D eigenvalue weighted by atomic mass is 9.91. The highest BCUT2D eigenvalue weighted by Crippen LogP contribution is 2.30. The Bertz CT molecular complexity index is 510. The highest BCUT2D eigenvalue weighted by molar-refractivity contribution is 5.89. The molecule has 1 heteroatoms. The molecule has 1 nitrogen and oxygen atoms in total. The fraction of sp³-hybridized carbons (Fsp3) is 0.333. The van der Waals surface area contributed by atoms with E-state index in [-0.39, 0.29) is 0 Å². The molecule has 2 aromatic carbocycles. The molecule has 0 bridgehead atoms. The predicted molar refractivity (Wildman–Crippen MR) is 68.9 cm³/mol. The number of benzene rings is 2. The van der Waals surface area contributed by atoms with E-state index in [2.05, 4.69) is 48.6 Å². The normalized spacial score (nSPS) is 20.4. The zero-order valence-corrected chi connectivity index (χ0v) is 9.66. The van der Waals surface area contributed by atoms with Crippen molar-refractivity contribution in [3.05, 3.63) is 47.5 Å². The van der Waals surface area contributed by atoms with Crippen LogP contribution in [0.25, 0.3) is 10.8 Å². The number of nitrogens with one attached hydrogen (secondary N) is 1. The standard InChI is InChI=1S/C15H17N/c1-11-6-7-14(12-8-9-16-10-12)15-5-3-2-4-13(11)15/h2-7,12,16H,8-10H2,1H3. The molecule has 1 saturated heterocycles. The van der Waals surface area contributed by atoms with E-state index in [4.69, 9.17) is 0 Å². The third-order valence-corrected chi connectivity index (χ3v) is 3.68. The quantitative estimate of drug-likeness (QED) is 0.763. The van der Waals surface area contributed by atoms with Crippen molar-refractivity contribution in [3.63, 3.8) is 0 Å². The predicted octanol–water partition coefficient (Wildman–Crippen LogP) is 3.23. The molecule has 82 valence electrons. The smallest absolute Gasteiger partial charge is 0.00208 e. The van der Waals surface area contributed by atoms with E-state index in [1.807, 2.05) is 0 Å². The summed E-state index contributed by atoms with van der Waals surface area (Å²) in [6.45, 7) is 4.49. The maximum absolute atomic E-state index is 3.45. The van der Waals surface area contributed by atoms with E-state index in [9.17, 15) is 0 Å². The van der Waals surface area contributed by atoms with Crippen LogP contribution < -0.4 is 5.32 Å². The Morgan fingerprint density at radius 1 is 1.06 bits per heavy atom. The average Bonchev–Trinajstić information content (AvgIpc) is 2.83. The van der Waals surface area contributed by atoms with Gasteiger partial charge in [0.2, 0.25) is 0 Å². The number of hydrogen-bond donors (Lipinski definition) is 1. The summed E-state index contributed by atoms with van der Waals surface area (Å²) < 4.78 is 0. The van der Waals surface area contributed by atoms with Crippen LogP contribution in [0.1, 0.15) is 23.5 Å². The van der Waals surface area contributed by atoms with Gasteiger partial charge in [-0.05, 0) is 47.7 Å². The monoisotopic (exact) mass is 211 g/mol. The number of aryl methyl sites for hydroxylation is 1. The zero-order chi connectivity index (χ0) is 11.0. The topological polar surface area (TPSA) is 12.0 Å². The molecule has 0 radical (unpaired) electrons. The van der Waals surface area contributed by atoms with Crippen molar-refractivity contribution in [1.82, 2.24) is 5.32 Å². The van der Waals surface area contributed by atoms with Crippen LogP contribution in [0, 0.1) is 6.92 Å². The Labute approximate surface area is 96.5 Å². The van der Waals surface area contributed by atoms with Gasteiger partial charge in [-0.1, -0.05) is 36.4 Å². The van der Waals surface area contributed by atoms with Gasteiger partial charge in [0.05, 0.1) is 0 Å². The van der Waals surface area contributed by atoms with Crippen molar-refractivity contribution in [2.75, 3.05) is 13.1 Å². The molecular formula is C15H17N. The molecular weight excluding hydrogens is 194 g/mol. The summed E-state index contributed by atoms with van der Waals surface area (Å²) in [5.41, 5.74) is 2.90. The Kier molecular flexibility index (Phi) is 2.41. The van der Waals surface area contributed by atoms with E-state index < -0.39 is 0 Å². The van der Waals surface area contributed by atoms with Crippen molar-refractivity contribution < 1.29 is 0 Å². The molecule has 1 N–H and O–H groups in total. The van der Waals surface area contributed by atoms with Gasteiger partial charge < -0.3 is 5.32 Å². The number of hydrogen-bond acceptors (Lipinski definition) is 1. The van der Waals surface area contributed by atoms with Crippen LogP contribution in [0.2, 0.25) is 0 Å². The maximum atomic E-state index is 3.45. The van der Waals surface area contributed by atoms with Gasteiger partial charge in [0.25, 0.3) is 0 Å². The van der Waals surface area contributed by atoms with Crippen LogP contribution in [0.5, 0.6) is 0 Å². The lowest BCUT2D eigenvalue weighted by Crippen LogP contribution is -2.08. The first-order chi connectivity index (χ1) is 7.86. The fourth-order valence-corrected chi connectivity index (χ4v) is 2.75. The van der Waals surface area contributed by atoms with Gasteiger partial charge in [0.1, 0.15) is 0 Å². The summed E-state index contributed by atoms with van der Waals surface area (Å²) in [5.74, 6) is 0.700. The summed E-state index contributed by atoms with van der Waals surface area (Å²) >= 11 is 0. The lowest BCUT2D eigenvalue weighted by molar-refractivity contribution is 0.770. The first-order valence-electron chi connectivity index (χ1n) is 6.05. The summed E-state index contributed by atoms with van der Waals surface area (Å²) in [7, 11) is 0. The van der Waals surface area contributed by atoms with Gasteiger partial charge in [-0.15, -0.1) is 0 Å². The van der Waals surface area contributed by atoms with Crippen molar-refractivity contribution in [2.24, 2.45) is 0 Å². The van der Waals surface area contributed by atoms with Gasteiger partial charge in [0.15, 0.2) is 0 Å². The minimum atomic E-state index is 0.700. The fourth-order valence-electron chi connectivity index (χ4n) is 2.75. The van der Waals surface area contributed by atoms with Gasteiger partial charge in [-0.3, -0.25) is 0 Å². The summed E-state index contributed by atoms with van der Waals surface area (Å²) in [5, 5.41) is 6.30. The zero-order valence-electron chi connectivity index (χ0n) is 9.66. The molecule has 1 aliphatic rings. The first kappa shape index (κ1) is 9.86. The first-order valence-corrected chi connectivity index (χ1v) is 6.05. The molecule has 0 spiro atoms. The van der Waals surface area contributed by atoms with Crippen molar-refractivity contribution >= 4 is 10.8 Å². The molecule has 1 heterocycles. The number of fused-ring (bicyclic) bond motifs is 1. The minimum Gasteiger partial charge on any atom is -0.316 e. The molecule has 0 saturated carbocycles. The van der Waals surface area contributed by atoms with E-state index >= 15 is 0 Å². The molecule has 1 fully saturated rings. The highest BCUT2D eigenvalue weighted by atomic mass is 14.9. The molecule has 3 rings (SSSR count). The SMILES string of the molecule is Cc1ccc(C2CCNC2)c2ccccc12. The van der Waals surface area contributed by atoms with Gasteiger partial charge in [-0.2, -0.15) is 0 Å². The van der Waals surface area contributed by atoms with Crippen molar-refractivity contribution in [1.29, 1.82) is 0 Å². The van der Waals surface area contributed by atoms with Crippen molar-refractivity contribution in [3.8, 4) is 0 Å². The minimum absolute atomic E-state index is 0.700. The molecule has 1 unspecified atom stereocenters. The van der Waals surface area contributed by atoms with E-state index in [0.29, 0.717) is 5.92 Å². The molecule has 0 amide bonds. The largest absolute Gasteiger partial charge is 0.316 e. The van der Waals surface area contributed by atoms with Gasteiger partial charge >= 0.3 is 0 Å². The summed E-state index contributed by atoms with van der Waals surface area (Å²) in [6.07, 6.45) is 1.27. The Morgan fingerprint density at radius 2 is 1.88 bits per heavy atom. The van der Waals surface area contributed by atoms with Crippen LogP contribution in [-0.4, -0.2) is 13.1 Å². The van der Waals surface area contributed by atoms with E-state index in [0.717, 1.165) is 13.1 Å².